The Kier molecular flexibility index (Phi) is 5.94. The van der Waals surface area contributed by atoms with Crippen molar-refractivity contribution in [2.45, 2.75) is 6.10 Å². The van der Waals surface area contributed by atoms with Crippen LogP contribution in [0.15, 0.2) is 36.4 Å². The third-order valence-electron chi connectivity index (χ3n) is 4.84. The summed E-state index contributed by atoms with van der Waals surface area (Å²) in [5, 5.41) is 0.792. The Morgan fingerprint density at radius 1 is 1.13 bits per heavy atom. The molecule has 0 aliphatic carbocycles. The maximum absolute atomic E-state index is 13.3. The number of thiazole rings is 1. The lowest BCUT2D eigenvalue weighted by Crippen LogP contribution is -2.52. The molecular formula is C22H21FN2O5S. The third-order valence-corrected chi connectivity index (χ3v) is 5.92. The molecule has 31 heavy (non-hydrogen) atoms. The molecule has 0 saturated carbocycles. The molecule has 1 aliphatic rings. The second kappa shape index (κ2) is 8.81. The maximum atomic E-state index is 13.3. The van der Waals surface area contributed by atoms with E-state index in [-0.39, 0.29) is 11.9 Å². The summed E-state index contributed by atoms with van der Waals surface area (Å²) in [5.74, 6) is 0.763. The first-order valence-electron chi connectivity index (χ1n) is 9.50. The van der Waals surface area contributed by atoms with Crippen molar-refractivity contribution in [3.8, 4) is 17.2 Å². The highest BCUT2D eigenvalue weighted by atomic mass is 32.1. The number of carbonyl (C=O) groups excluding carboxylic acids is 1. The summed E-state index contributed by atoms with van der Waals surface area (Å²) in [7, 11) is 4.59. The van der Waals surface area contributed by atoms with Crippen LogP contribution in [0.25, 0.3) is 16.3 Å². The van der Waals surface area contributed by atoms with Gasteiger partial charge in [-0.1, -0.05) is 11.3 Å². The number of rotatable bonds is 7. The molecule has 3 aromatic rings. The minimum atomic E-state index is -0.440. The molecule has 0 atom stereocenters. The molecule has 4 rings (SSSR count). The molecule has 2 heterocycles. The molecule has 1 fully saturated rings. The molecule has 0 spiro atoms. The lowest BCUT2D eigenvalue weighted by molar-refractivity contribution is -0.143. The fourth-order valence-electron chi connectivity index (χ4n) is 3.26. The van der Waals surface area contributed by atoms with Gasteiger partial charge in [-0.25, -0.2) is 14.2 Å². The lowest BCUT2D eigenvalue weighted by Gasteiger charge is -2.37. The molecule has 9 heteroatoms. The first-order valence-corrected chi connectivity index (χ1v) is 10.3. The van der Waals surface area contributed by atoms with E-state index in [0.717, 1.165) is 15.3 Å². The van der Waals surface area contributed by atoms with Crippen LogP contribution in [-0.4, -0.2) is 51.5 Å². The second-order valence-electron chi connectivity index (χ2n) is 6.86. The normalized spacial score (nSPS) is 14.0. The Morgan fingerprint density at radius 3 is 2.48 bits per heavy atom. The van der Waals surface area contributed by atoms with E-state index >= 15 is 0 Å². The number of halogens is 1. The van der Waals surface area contributed by atoms with Crippen molar-refractivity contribution in [3.05, 3.63) is 47.8 Å². The van der Waals surface area contributed by atoms with Gasteiger partial charge in [0.25, 0.3) is 0 Å². The van der Waals surface area contributed by atoms with E-state index in [4.69, 9.17) is 18.9 Å². The van der Waals surface area contributed by atoms with E-state index in [1.807, 2.05) is 4.90 Å². The number of fused-ring (bicyclic) bond motifs is 1. The van der Waals surface area contributed by atoms with Crippen LogP contribution in [0.1, 0.15) is 5.56 Å². The highest BCUT2D eigenvalue weighted by molar-refractivity contribution is 7.22. The number of nitrogens with zero attached hydrogens (tertiary/aromatic N) is 2. The molecule has 0 bridgehead atoms. The monoisotopic (exact) mass is 444 g/mol. The minimum absolute atomic E-state index is 0.221. The first kappa shape index (κ1) is 20.9. The summed E-state index contributed by atoms with van der Waals surface area (Å²) in [5.41, 5.74) is 1.47. The quantitative estimate of drug-likeness (QED) is 0.404. The van der Waals surface area contributed by atoms with Crippen molar-refractivity contribution in [2.75, 3.05) is 39.3 Å². The Balaban J connectivity index is 1.35. The number of benzene rings is 2. The minimum Gasteiger partial charge on any atom is -0.493 e. The number of esters is 1. The molecule has 1 aliphatic heterocycles. The van der Waals surface area contributed by atoms with Crippen molar-refractivity contribution in [1.29, 1.82) is 0 Å². The molecule has 1 saturated heterocycles. The average Bonchev–Trinajstić information content (AvgIpc) is 3.15. The SMILES string of the molecule is COc1cc(C=CC(=O)OC2CN(c3nc4ccc(F)cc4s3)C2)cc(OC)c1OC. The number of carbonyl (C=O) groups is 1. The van der Waals surface area contributed by atoms with Crippen LogP contribution in [0.2, 0.25) is 0 Å². The van der Waals surface area contributed by atoms with Crippen LogP contribution in [0.4, 0.5) is 9.52 Å². The highest BCUT2D eigenvalue weighted by Crippen LogP contribution is 2.38. The zero-order chi connectivity index (χ0) is 22.0. The summed E-state index contributed by atoms with van der Waals surface area (Å²) < 4.78 is 35.5. The highest BCUT2D eigenvalue weighted by Gasteiger charge is 2.31. The van der Waals surface area contributed by atoms with Gasteiger partial charge in [-0.3, -0.25) is 0 Å². The summed E-state index contributed by atoms with van der Waals surface area (Å²) in [4.78, 5) is 18.7. The molecule has 7 nitrogen and oxygen atoms in total. The average molecular weight is 444 g/mol. The molecule has 2 aromatic carbocycles. The number of ether oxygens (including phenoxy) is 4. The molecule has 0 amide bonds. The van der Waals surface area contributed by atoms with E-state index in [9.17, 15) is 9.18 Å². The van der Waals surface area contributed by atoms with E-state index < -0.39 is 5.97 Å². The van der Waals surface area contributed by atoms with Gasteiger partial charge < -0.3 is 23.8 Å². The third kappa shape index (κ3) is 4.41. The number of anilines is 1. The van der Waals surface area contributed by atoms with Crippen molar-refractivity contribution >= 4 is 38.7 Å². The molecular weight excluding hydrogens is 423 g/mol. The van der Waals surface area contributed by atoms with Gasteiger partial charge in [0.05, 0.1) is 44.6 Å². The van der Waals surface area contributed by atoms with Crippen LogP contribution in [0, 0.1) is 5.82 Å². The maximum Gasteiger partial charge on any atom is 0.331 e. The number of hydrogen-bond donors (Lipinski definition) is 0. The van der Waals surface area contributed by atoms with E-state index in [2.05, 4.69) is 4.98 Å². The standard InChI is InChI=1S/C22H21FN2O5S/c1-27-17-8-13(9-18(28-2)21(17)29-3)4-7-20(26)30-15-11-25(12-15)22-24-16-6-5-14(23)10-19(16)31-22/h4-10,15H,11-12H2,1-3H3. The molecule has 0 radical (unpaired) electrons. The lowest BCUT2D eigenvalue weighted by atomic mass is 10.1. The Morgan fingerprint density at radius 2 is 1.84 bits per heavy atom. The van der Waals surface area contributed by atoms with Gasteiger partial charge in [0, 0.05) is 6.08 Å². The molecule has 1 aromatic heterocycles. The molecule has 162 valence electrons. The zero-order valence-electron chi connectivity index (χ0n) is 17.3. The Bertz CT molecular complexity index is 1120. The van der Waals surface area contributed by atoms with Crippen LogP contribution in [0.5, 0.6) is 17.2 Å². The van der Waals surface area contributed by atoms with Crippen LogP contribution in [-0.2, 0) is 9.53 Å². The number of methoxy groups -OCH3 is 3. The van der Waals surface area contributed by atoms with Gasteiger partial charge in [0.1, 0.15) is 11.9 Å². The fourth-order valence-corrected chi connectivity index (χ4v) is 4.26. The van der Waals surface area contributed by atoms with Crippen LogP contribution in [0.3, 0.4) is 0 Å². The molecule has 0 unspecified atom stereocenters. The van der Waals surface area contributed by atoms with Gasteiger partial charge in [0.2, 0.25) is 5.75 Å². The second-order valence-corrected chi connectivity index (χ2v) is 7.87. The Hall–Kier alpha value is -3.33. The van der Waals surface area contributed by atoms with Crippen molar-refractivity contribution in [2.24, 2.45) is 0 Å². The summed E-state index contributed by atoms with van der Waals surface area (Å²) >= 11 is 1.42. The van der Waals surface area contributed by atoms with E-state index in [1.165, 1.54) is 50.9 Å². The van der Waals surface area contributed by atoms with Crippen molar-refractivity contribution in [3.63, 3.8) is 0 Å². The van der Waals surface area contributed by atoms with Crippen molar-refractivity contribution in [1.82, 2.24) is 4.98 Å². The number of aromatic nitrogens is 1. The zero-order valence-corrected chi connectivity index (χ0v) is 18.1. The van der Waals surface area contributed by atoms with Gasteiger partial charge in [0.15, 0.2) is 16.6 Å². The smallest absolute Gasteiger partial charge is 0.331 e. The van der Waals surface area contributed by atoms with Gasteiger partial charge >= 0.3 is 5.97 Å². The van der Waals surface area contributed by atoms with Crippen molar-refractivity contribution < 1.29 is 28.1 Å². The summed E-state index contributed by atoms with van der Waals surface area (Å²) in [6.07, 6.45) is 2.77. The van der Waals surface area contributed by atoms with E-state index in [0.29, 0.717) is 35.9 Å². The fraction of sp³-hybridized carbons (Fsp3) is 0.273. The van der Waals surface area contributed by atoms with E-state index in [1.54, 1.807) is 24.3 Å². The Labute approximate surface area is 182 Å². The van der Waals surface area contributed by atoms with Crippen LogP contribution >= 0.6 is 11.3 Å². The van der Waals surface area contributed by atoms with Crippen LogP contribution < -0.4 is 19.1 Å². The predicted molar refractivity (Wildman–Crippen MR) is 117 cm³/mol. The van der Waals surface area contributed by atoms with Gasteiger partial charge in [-0.05, 0) is 42.0 Å². The predicted octanol–water partition coefficient (Wildman–Crippen LogP) is 3.91. The summed E-state index contributed by atoms with van der Waals surface area (Å²) in [6.45, 7) is 1.10. The molecule has 0 N–H and O–H groups in total. The summed E-state index contributed by atoms with van der Waals surface area (Å²) in [6, 6.07) is 8.02. The van der Waals surface area contributed by atoms with Gasteiger partial charge in [-0.15, -0.1) is 0 Å². The van der Waals surface area contributed by atoms with Gasteiger partial charge in [-0.2, -0.15) is 0 Å². The topological polar surface area (TPSA) is 70.1 Å². The number of hydrogen-bond acceptors (Lipinski definition) is 8. The largest absolute Gasteiger partial charge is 0.493 e. The first-order chi connectivity index (χ1) is 15.0.